The van der Waals surface area contributed by atoms with Crippen molar-refractivity contribution in [2.24, 2.45) is 0 Å². The van der Waals surface area contributed by atoms with Crippen molar-refractivity contribution >= 4 is 11.6 Å². The molecular formula is C15H17NO2. The molecule has 0 aliphatic carbocycles. The molecule has 0 saturated heterocycles. The molecule has 18 heavy (non-hydrogen) atoms. The highest BCUT2D eigenvalue weighted by Gasteiger charge is 2.04. The Balaban J connectivity index is 1.83. The average molecular weight is 243 g/mol. The average Bonchev–Trinajstić information content (AvgIpc) is 2.90. The summed E-state index contributed by atoms with van der Waals surface area (Å²) >= 11 is 0. The molecule has 1 aromatic carbocycles. The molecule has 0 atom stereocenters. The van der Waals surface area contributed by atoms with Crippen LogP contribution in [0.4, 0.5) is 5.69 Å². The van der Waals surface area contributed by atoms with Gasteiger partial charge >= 0.3 is 0 Å². The Hall–Kier alpha value is -2.03. The van der Waals surface area contributed by atoms with Crippen molar-refractivity contribution in [3.63, 3.8) is 0 Å². The van der Waals surface area contributed by atoms with Crippen molar-refractivity contribution < 1.29 is 9.21 Å². The van der Waals surface area contributed by atoms with Crippen molar-refractivity contribution in [2.75, 3.05) is 5.32 Å². The Labute approximate surface area is 107 Å². The third-order valence-corrected chi connectivity index (χ3v) is 2.82. The van der Waals surface area contributed by atoms with Gasteiger partial charge in [0.1, 0.15) is 5.76 Å². The van der Waals surface area contributed by atoms with E-state index in [0.29, 0.717) is 12.8 Å². The fourth-order valence-corrected chi connectivity index (χ4v) is 1.74. The molecule has 1 amide bonds. The topological polar surface area (TPSA) is 42.2 Å². The van der Waals surface area contributed by atoms with Gasteiger partial charge in [-0.1, -0.05) is 19.1 Å². The van der Waals surface area contributed by atoms with Gasteiger partial charge in [-0.15, -0.1) is 0 Å². The first-order valence-corrected chi connectivity index (χ1v) is 6.19. The number of aryl methyl sites for hydroxylation is 2. The largest absolute Gasteiger partial charge is 0.469 e. The third-order valence-electron chi connectivity index (χ3n) is 2.82. The van der Waals surface area contributed by atoms with Crippen LogP contribution in [0, 0.1) is 0 Å². The Morgan fingerprint density at radius 1 is 1.22 bits per heavy atom. The summed E-state index contributed by atoms with van der Waals surface area (Å²) in [6.45, 7) is 2.11. The van der Waals surface area contributed by atoms with Crippen LogP contribution in [0.2, 0.25) is 0 Å². The molecule has 1 heterocycles. The van der Waals surface area contributed by atoms with Crippen LogP contribution in [-0.2, 0) is 17.6 Å². The van der Waals surface area contributed by atoms with Crippen LogP contribution in [0.1, 0.15) is 24.7 Å². The second kappa shape index (κ2) is 6.05. The highest BCUT2D eigenvalue weighted by molar-refractivity contribution is 5.90. The molecule has 0 spiro atoms. The standard InChI is InChI=1S/C15H17NO2/c1-2-12-5-7-13(8-6-12)16-15(17)10-9-14-4-3-11-18-14/h3-8,11H,2,9-10H2,1H3,(H,16,17). The highest BCUT2D eigenvalue weighted by Crippen LogP contribution is 2.11. The quantitative estimate of drug-likeness (QED) is 0.874. The van der Waals surface area contributed by atoms with Gasteiger partial charge in [0.15, 0.2) is 0 Å². The molecule has 0 unspecified atom stereocenters. The van der Waals surface area contributed by atoms with Crippen LogP contribution in [0.5, 0.6) is 0 Å². The maximum Gasteiger partial charge on any atom is 0.224 e. The van der Waals surface area contributed by atoms with E-state index in [-0.39, 0.29) is 5.91 Å². The summed E-state index contributed by atoms with van der Waals surface area (Å²) in [6, 6.07) is 11.6. The minimum absolute atomic E-state index is 0.00986. The SMILES string of the molecule is CCc1ccc(NC(=O)CCc2ccco2)cc1. The van der Waals surface area contributed by atoms with E-state index in [2.05, 4.69) is 12.2 Å². The van der Waals surface area contributed by atoms with Crippen molar-refractivity contribution in [2.45, 2.75) is 26.2 Å². The summed E-state index contributed by atoms with van der Waals surface area (Å²) in [5.74, 6) is 0.849. The van der Waals surface area contributed by atoms with Gasteiger partial charge in [0.2, 0.25) is 5.91 Å². The molecule has 0 saturated carbocycles. The van der Waals surface area contributed by atoms with E-state index in [1.807, 2.05) is 36.4 Å². The fourth-order valence-electron chi connectivity index (χ4n) is 1.74. The van der Waals surface area contributed by atoms with Crippen LogP contribution in [0.25, 0.3) is 0 Å². The summed E-state index contributed by atoms with van der Waals surface area (Å²) in [7, 11) is 0. The maximum absolute atomic E-state index is 11.7. The normalized spacial score (nSPS) is 10.3. The highest BCUT2D eigenvalue weighted by atomic mass is 16.3. The molecule has 3 heteroatoms. The monoisotopic (exact) mass is 243 g/mol. The van der Waals surface area contributed by atoms with Gasteiger partial charge in [0.25, 0.3) is 0 Å². The predicted molar refractivity (Wildman–Crippen MR) is 71.5 cm³/mol. The number of hydrogen-bond donors (Lipinski definition) is 1. The number of carbonyl (C=O) groups excluding carboxylic acids is 1. The summed E-state index contributed by atoms with van der Waals surface area (Å²) in [4.78, 5) is 11.7. The lowest BCUT2D eigenvalue weighted by Gasteiger charge is -2.05. The second-order valence-corrected chi connectivity index (χ2v) is 4.18. The number of amides is 1. The molecule has 0 aliphatic heterocycles. The molecule has 0 aliphatic rings. The Kier molecular flexibility index (Phi) is 4.18. The van der Waals surface area contributed by atoms with Gasteiger partial charge in [-0.2, -0.15) is 0 Å². The fraction of sp³-hybridized carbons (Fsp3) is 0.267. The Morgan fingerprint density at radius 3 is 2.61 bits per heavy atom. The van der Waals surface area contributed by atoms with Crippen molar-refractivity contribution in [3.05, 3.63) is 54.0 Å². The first kappa shape index (κ1) is 12.4. The van der Waals surface area contributed by atoms with E-state index in [4.69, 9.17) is 4.42 Å². The zero-order valence-electron chi connectivity index (χ0n) is 10.5. The van der Waals surface area contributed by atoms with Gasteiger partial charge in [-0.05, 0) is 36.2 Å². The van der Waals surface area contributed by atoms with Gasteiger partial charge in [0, 0.05) is 18.5 Å². The van der Waals surface area contributed by atoms with E-state index in [9.17, 15) is 4.79 Å². The van der Waals surface area contributed by atoms with E-state index in [0.717, 1.165) is 17.9 Å². The minimum atomic E-state index is 0.00986. The van der Waals surface area contributed by atoms with Crippen LogP contribution < -0.4 is 5.32 Å². The number of anilines is 1. The first-order chi connectivity index (χ1) is 8.78. The lowest BCUT2D eigenvalue weighted by molar-refractivity contribution is -0.116. The third kappa shape index (κ3) is 3.48. The molecule has 0 radical (unpaired) electrons. The summed E-state index contributed by atoms with van der Waals surface area (Å²) in [5, 5.41) is 2.88. The van der Waals surface area contributed by atoms with Crippen molar-refractivity contribution in [1.82, 2.24) is 0 Å². The van der Waals surface area contributed by atoms with Crippen LogP contribution >= 0.6 is 0 Å². The predicted octanol–water partition coefficient (Wildman–Crippen LogP) is 3.41. The lowest BCUT2D eigenvalue weighted by atomic mass is 10.1. The molecule has 2 rings (SSSR count). The second-order valence-electron chi connectivity index (χ2n) is 4.18. The molecule has 1 N–H and O–H groups in total. The molecule has 3 nitrogen and oxygen atoms in total. The smallest absolute Gasteiger partial charge is 0.224 e. The number of hydrogen-bond acceptors (Lipinski definition) is 2. The number of nitrogens with one attached hydrogen (secondary N) is 1. The van der Waals surface area contributed by atoms with Gasteiger partial charge in [0.05, 0.1) is 6.26 Å². The summed E-state index contributed by atoms with van der Waals surface area (Å²) < 4.78 is 5.18. The number of furan rings is 1. The molecule has 2 aromatic rings. The van der Waals surface area contributed by atoms with Crippen LogP contribution in [0.15, 0.2) is 47.1 Å². The maximum atomic E-state index is 11.7. The van der Waals surface area contributed by atoms with E-state index in [1.165, 1.54) is 5.56 Å². The number of rotatable bonds is 5. The molecule has 0 bridgehead atoms. The van der Waals surface area contributed by atoms with E-state index < -0.39 is 0 Å². The van der Waals surface area contributed by atoms with Crippen molar-refractivity contribution in [3.8, 4) is 0 Å². The number of benzene rings is 1. The van der Waals surface area contributed by atoms with E-state index in [1.54, 1.807) is 6.26 Å². The molecule has 1 aromatic heterocycles. The zero-order chi connectivity index (χ0) is 12.8. The molecular weight excluding hydrogens is 226 g/mol. The Morgan fingerprint density at radius 2 is 2.00 bits per heavy atom. The molecule has 0 fully saturated rings. The zero-order valence-corrected chi connectivity index (χ0v) is 10.5. The van der Waals surface area contributed by atoms with E-state index >= 15 is 0 Å². The van der Waals surface area contributed by atoms with Crippen molar-refractivity contribution in [1.29, 1.82) is 0 Å². The summed E-state index contributed by atoms with van der Waals surface area (Å²) in [5.41, 5.74) is 2.11. The lowest BCUT2D eigenvalue weighted by Crippen LogP contribution is -2.12. The van der Waals surface area contributed by atoms with Gasteiger partial charge < -0.3 is 9.73 Å². The minimum Gasteiger partial charge on any atom is -0.469 e. The van der Waals surface area contributed by atoms with Crippen LogP contribution in [-0.4, -0.2) is 5.91 Å². The first-order valence-electron chi connectivity index (χ1n) is 6.19. The van der Waals surface area contributed by atoms with Crippen LogP contribution in [0.3, 0.4) is 0 Å². The molecule has 94 valence electrons. The van der Waals surface area contributed by atoms with Gasteiger partial charge in [-0.3, -0.25) is 4.79 Å². The summed E-state index contributed by atoms with van der Waals surface area (Å²) in [6.07, 6.45) is 3.69. The number of carbonyl (C=O) groups is 1. The Bertz CT molecular complexity index is 486. The van der Waals surface area contributed by atoms with Gasteiger partial charge in [-0.25, -0.2) is 0 Å².